The van der Waals surface area contributed by atoms with Crippen LogP contribution in [0, 0.1) is 0 Å². The van der Waals surface area contributed by atoms with Gasteiger partial charge in [-0.25, -0.2) is 0 Å². The molecule has 0 aliphatic carbocycles. The zero-order valence-electron chi connectivity index (χ0n) is 10.7. The number of nitrogens with two attached hydrogens (primary N) is 1. The van der Waals surface area contributed by atoms with Crippen molar-refractivity contribution in [2.75, 3.05) is 0 Å². The Morgan fingerprint density at radius 2 is 2.25 bits per heavy atom. The highest BCUT2D eigenvalue weighted by molar-refractivity contribution is 5.11. The molecule has 1 aromatic heterocycles. The molecular weight excluding hydrogens is 200 g/mol. The summed E-state index contributed by atoms with van der Waals surface area (Å²) in [5.41, 5.74) is 5.32. The van der Waals surface area contributed by atoms with Gasteiger partial charge in [-0.05, 0) is 18.9 Å². The predicted molar refractivity (Wildman–Crippen MR) is 66.9 cm³/mol. The quantitative estimate of drug-likeness (QED) is 0.546. The molecule has 1 unspecified atom stereocenters. The van der Waals surface area contributed by atoms with Crippen LogP contribution in [0.4, 0.5) is 0 Å². The summed E-state index contributed by atoms with van der Waals surface area (Å²) in [4.78, 5) is 0. The highest BCUT2D eigenvalue weighted by Gasteiger charge is 2.11. The maximum Gasteiger partial charge on any atom is 0.0624 e. The largest absolute Gasteiger partial charge is 0.272 e. The van der Waals surface area contributed by atoms with E-state index < -0.39 is 0 Å². The number of aryl methyl sites for hydroxylation is 2. The highest BCUT2D eigenvalue weighted by Crippen LogP contribution is 2.10. The summed E-state index contributed by atoms with van der Waals surface area (Å²) in [6.45, 7) is 4.33. The number of hydrogen-bond acceptors (Lipinski definition) is 3. The van der Waals surface area contributed by atoms with Gasteiger partial charge in [-0.3, -0.25) is 16.0 Å². The predicted octanol–water partition coefficient (Wildman–Crippen LogP) is 1.55. The van der Waals surface area contributed by atoms with Crippen molar-refractivity contribution in [3.8, 4) is 0 Å². The first-order valence-corrected chi connectivity index (χ1v) is 6.19. The first-order chi connectivity index (χ1) is 7.71. The molecule has 0 fully saturated rings. The molecule has 1 heterocycles. The molecule has 0 bridgehead atoms. The summed E-state index contributed by atoms with van der Waals surface area (Å²) >= 11 is 0. The number of hydrazine groups is 1. The Balaban J connectivity index is 2.58. The molecule has 92 valence electrons. The van der Waals surface area contributed by atoms with Crippen molar-refractivity contribution in [1.29, 1.82) is 0 Å². The lowest BCUT2D eigenvalue weighted by atomic mass is 10.1. The second-order valence-electron chi connectivity index (χ2n) is 4.31. The van der Waals surface area contributed by atoms with Crippen LogP contribution in [0.2, 0.25) is 0 Å². The maximum absolute atomic E-state index is 5.57. The number of hydrogen-bond donors (Lipinski definition) is 2. The SMILES string of the molecule is CCCCC(Cc1cc(CC)nn1C)NN. The summed E-state index contributed by atoms with van der Waals surface area (Å²) in [7, 11) is 2.00. The Morgan fingerprint density at radius 3 is 2.75 bits per heavy atom. The van der Waals surface area contributed by atoms with Crippen LogP contribution in [-0.4, -0.2) is 15.8 Å². The van der Waals surface area contributed by atoms with Gasteiger partial charge in [0.2, 0.25) is 0 Å². The molecule has 0 saturated heterocycles. The number of aromatic nitrogens is 2. The Bertz CT molecular complexity index is 306. The van der Waals surface area contributed by atoms with Gasteiger partial charge in [0, 0.05) is 25.2 Å². The molecule has 3 N–H and O–H groups in total. The first kappa shape index (κ1) is 13.2. The lowest BCUT2D eigenvalue weighted by Crippen LogP contribution is -2.37. The molecule has 4 nitrogen and oxygen atoms in total. The van der Waals surface area contributed by atoms with Crippen LogP contribution >= 0.6 is 0 Å². The van der Waals surface area contributed by atoms with Crippen LogP contribution in [-0.2, 0) is 19.9 Å². The summed E-state index contributed by atoms with van der Waals surface area (Å²) in [5, 5.41) is 4.44. The van der Waals surface area contributed by atoms with Crippen molar-refractivity contribution >= 4 is 0 Å². The van der Waals surface area contributed by atoms with Gasteiger partial charge in [0.05, 0.1) is 5.69 Å². The van der Waals surface area contributed by atoms with Gasteiger partial charge in [-0.1, -0.05) is 26.7 Å². The van der Waals surface area contributed by atoms with Gasteiger partial charge in [-0.2, -0.15) is 5.10 Å². The summed E-state index contributed by atoms with van der Waals surface area (Å²) in [6, 6.07) is 2.54. The van der Waals surface area contributed by atoms with Crippen LogP contribution in [0.1, 0.15) is 44.5 Å². The highest BCUT2D eigenvalue weighted by atomic mass is 15.3. The van der Waals surface area contributed by atoms with Crippen LogP contribution in [0.15, 0.2) is 6.07 Å². The standard InChI is InChI=1S/C12H24N4/c1-4-6-7-11(14-13)9-12-8-10(5-2)15-16(12)3/h8,11,14H,4-7,9,13H2,1-3H3. The molecule has 1 atom stereocenters. The Labute approximate surface area is 98.2 Å². The fourth-order valence-corrected chi connectivity index (χ4v) is 1.88. The minimum absolute atomic E-state index is 0.361. The number of unbranched alkanes of at least 4 members (excludes halogenated alkanes) is 1. The van der Waals surface area contributed by atoms with E-state index in [0.717, 1.165) is 25.0 Å². The number of nitrogens with one attached hydrogen (secondary N) is 1. The normalized spacial score (nSPS) is 13.0. The van der Waals surface area contributed by atoms with E-state index in [1.54, 1.807) is 0 Å². The Kier molecular flexibility index (Phi) is 5.49. The molecule has 0 spiro atoms. The van der Waals surface area contributed by atoms with Crippen molar-refractivity contribution in [2.24, 2.45) is 12.9 Å². The molecule has 0 aromatic carbocycles. The fraction of sp³-hybridized carbons (Fsp3) is 0.750. The van der Waals surface area contributed by atoms with E-state index in [2.05, 4.69) is 30.4 Å². The zero-order valence-corrected chi connectivity index (χ0v) is 10.7. The van der Waals surface area contributed by atoms with Crippen LogP contribution in [0.5, 0.6) is 0 Å². The summed E-state index contributed by atoms with van der Waals surface area (Å²) in [5.74, 6) is 5.57. The summed E-state index contributed by atoms with van der Waals surface area (Å²) in [6.07, 6.45) is 5.50. The molecule has 0 saturated carbocycles. The van der Waals surface area contributed by atoms with Gasteiger partial charge < -0.3 is 0 Å². The first-order valence-electron chi connectivity index (χ1n) is 6.19. The third-order valence-electron chi connectivity index (χ3n) is 2.99. The zero-order chi connectivity index (χ0) is 12.0. The van der Waals surface area contributed by atoms with E-state index in [4.69, 9.17) is 5.84 Å². The van der Waals surface area contributed by atoms with E-state index in [-0.39, 0.29) is 0 Å². The lowest BCUT2D eigenvalue weighted by molar-refractivity contribution is 0.462. The second kappa shape index (κ2) is 6.66. The van der Waals surface area contributed by atoms with Crippen molar-refractivity contribution in [1.82, 2.24) is 15.2 Å². The fourth-order valence-electron chi connectivity index (χ4n) is 1.88. The van der Waals surface area contributed by atoms with E-state index in [0.29, 0.717) is 6.04 Å². The van der Waals surface area contributed by atoms with Gasteiger partial charge in [0.15, 0.2) is 0 Å². The Morgan fingerprint density at radius 1 is 1.50 bits per heavy atom. The summed E-state index contributed by atoms with van der Waals surface area (Å²) < 4.78 is 1.97. The van der Waals surface area contributed by atoms with Gasteiger partial charge >= 0.3 is 0 Å². The minimum Gasteiger partial charge on any atom is -0.272 e. The van der Waals surface area contributed by atoms with Crippen molar-refractivity contribution < 1.29 is 0 Å². The number of nitrogens with zero attached hydrogens (tertiary/aromatic N) is 2. The average molecular weight is 224 g/mol. The average Bonchev–Trinajstić information content (AvgIpc) is 2.65. The molecular formula is C12H24N4. The van der Waals surface area contributed by atoms with E-state index in [9.17, 15) is 0 Å². The third kappa shape index (κ3) is 3.61. The second-order valence-corrected chi connectivity index (χ2v) is 4.31. The van der Waals surface area contributed by atoms with Gasteiger partial charge in [-0.15, -0.1) is 0 Å². The van der Waals surface area contributed by atoms with Crippen LogP contribution < -0.4 is 11.3 Å². The molecule has 1 rings (SSSR count). The van der Waals surface area contributed by atoms with Crippen LogP contribution in [0.3, 0.4) is 0 Å². The maximum atomic E-state index is 5.57. The minimum atomic E-state index is 0.361. The van der Waals surface area contributed by atoms with Crippen LogP contribution in [0.25, 0.3) is 0 Å². The molecule has 16 heavy (non-hydrogen) atoms. The Hall–Kier alpha value is -0.870. The topological polar surface area (TPSA) is 55.9 Å². The van der Waals surface area contributed by atoms with Crippen molar-refractivity contribution in [2.45, 2.75) is 52.0 Å². The van der Waals surface area contributed by atoms with Crippen molar-refractivity contribution in [3.05, 3.63) is 17.5 Å². The van der Waals surface area contributed by atoms with Gasteiger partial charge in [0.25, 0.3) is 0 Å². The molecule has 1 aromatic rings. The molecule has 0 amide bonds. The lowest BCUT2D eigenvalue weighted by Gasteiger charge is -2.15. The smallest absolute Gasteiger partial charge is 0.0624 e. The van der Waals surface area contributed by atoms with Crippen molar-refractivity contribution in [3.63, 3.8) is 0 Å². The molecule has 0 radical (unpaired) electrons. The van der Waals surface area contributed by atoms with E-state index in [1.165, 1.54) is 18.5 Å². The third-order valence-corrected chi connectivity index (χ3v) is 2.99. The van der Waals surface area contributed by atoms with Gasteiger partial charge in [0.1, 0.15) is 0 Å². The molecule has 0 aliphatic rings. The molecule has 4 heteroatoms. The number of rotatable bonds is 7. The van der Waals surface area contributed by atoms with E-state index in [1.807, 2.05) is 11.7 Å². The molecule has 0 aliphatic heterocycles. The monoisotopic (exact) mass is 224 g/mol. The van der Waals surface area contributed by atoms with E-state index >= 15 is 0 Å².